The van der Waals surface area contributed by atoms with Gasteiger partial charge in [-0.1, -0.05) is 135 Å². The van der Waals surface area contributed by atoms with Gasteiger partial charge in [0.2, 0.25) is 0 Å². The Balaban J connectivity index is 1.23. The van der Waals surface area contributed by atoms with Crippen molar-refractivity contribution in [1.29, 1.82) is 0 Å². The van der Waals surface area contributed by atoms with E-state index in [4.69, 9.17) is 9.97 Å². The van der Waals surface area contributed by atoms with E-state index in [2.05, 4.69) is 184 Å². The maximum absolute atomic E-state index is 4.80. The van der Waals surface area contributed by atoms with Crippen molar-refractivity contribution < 1.29 is 0 Å². The number of rotatable bonds is 5. The molecule has 0 radical (unpaired) electrons. The van der Waals surface area contributed by atoms with Crippen LogP contribution in [0, 0.1) is 0 Å². The fourth-order valence-electron chi connectivity index (χ4n) is 9.34. The number of pyridine rings is 2. The lowest BCUT2D eigenvalue weighted by molar-refractivity contribution is 0.660. The molecule has 0 unspecified atom stereocenters. The largest absolute Gasteiger partial charge is 0.256 e. The van der Waals surface area contributed by atoms with Gasteiger partial charge in [-0.15, -0.1) is 0 Å². The van der Waals surface area contributed by atoms with E-state index >= 15 is 0 Å². The monoisotopic (exact) mass is 726 g/mol. The SMILES string of the molecule is CC1(C)c2ccccc2-c2ccc(-c3c4ccccc4c(-c4cc(-c5ccccn5)cc(-c5ccccn5)c4)c4ccc(-c5ccc6ccccc6c5)cc34)cc21. The normalized spacial score (nSPS) is 12.9. The number of hydrogen-bond donors (Lipinski definition) is 0. The highest BCUT2D eigenvalue weighted by atomic mass is 14.7. The quantitative estimate of drug-likeness (QED) is 0.165. The molecule has 11 rings (SSSR count). The zero-order valence-electron chi connectivity index (χ0n) is 31.9. The van der Waals surface area contributed by atoms with Gasteiger partial charge in [0.25, 0.3) is 0 Å². The lowest BCUT2D eigenvalue weighted by Crippen LogP contribution is -2.14. The van der Waals surface area contributed by atoms with Gasteiger partial charge in [0.05, 0.1) is 11.4 Å². The Kier molecular flexibility index (Phi) is 7.55. The van der Waals surface area contributed by atoms with Gasteiger partial charge < -0.3 is 0 Å². The Morgan fingerprint density at radius 3 is 1.60 bits per heavy atom. The van der Waals surface area contributed by atoms with Crippen molar-refractivity contribution in [3.8, 4) is 67.0 Å². The molecule has 0 aliphatic heterocycles. The number of nitrogens with zero attached hydrogens (tertiary/aromatic N) is 2. The molecule has 1 aliphatic carbocycles. The van der Waals surface area contributed by atoms with Crippen molar-refractivity contribution in [2.75, 3.05) is 0 Å². The molecule has 0 amide bonds. The summed E-state index contributed by atoms with van der Waals surface area (Å²) in [7, 11) is 0. The Bertz CT molecular complexity index is 3140. The van der Waals surface area contributed by atoms with Crippen LogP contribution in [0.3, 0.4) is 0 Å². The van der Waals surface area contributed by atoms with Crippen molar-refractivity contribution in [3.63, 3.8) is 0 Å². The second-order valence-electron chi connectivity index (χ2n) is 15.8. The highest BCUT2D eigenvalue weighted by Gasteiger charge is 2.35. The molecule has 0 fully saturated rings. The van der Waals surface area contributed by atoms with E-state index in [0.29, 0.717) is 0 Å². The molecule has 0 spiro atoms. The van der Waals surface area contributed by atoms with Crippen LogP contribution in [0.1, 0.15) is 25.0 Å². The lowest BCUT2D eigenvalue weighted by Gasteiger charge is -2.23. The average Bonchev–Trinajstić information content (AvgIpc) is 3.50. The van der Waals surface area contributed by atoms with E-state index in [9.17, 15) is 0 Å². The summed E-state index contributed by atoms with van der Waals surface area (Å²) in [6.07, 6.45) is 3.74. The number of aromatic nitrogens is 2. The first-order valence-corrected chi connectivity index (χ1v) is 19.7. The first kappa shape index (κ1) is 33.2. The Morgan fingerprint density at radius 1 is 0.333 bits per heavy atom. The van der Waals surface area contributed by atoms with E-state index in [-0.39, 0.29) is 5.41 Å². The van der Waals surface area contributed by atoms with Gasteiger partial charge in [0, 0.05) is 28.9 Å². The molecular weight excluding hydrogens is 689 g/mol. The molecule has 0 atom stereocenters. The second-order valence-corrected chi connectivity index (χ2v) is 15.8. The maximum Gasteiger partial charge on any atom is 0.0702 e. The summed E-state index contributed by atoms with van der Waals surface area (Å²) in [4.78, 5) is 9.60. The van der Waals surface area contributed by atoms with E-state index in [1.165, 1.54) is 82.4 Å². The smallest absolute Gasteiger partial charge is 0.0702 e. The van der Waals surface area contributed by atoms with Crippen LogP contribution in [-0.4, -0.2) is 9.97 Å². The highest BCUT2D eigenvalue weighted by Crippen LogP contribution is 2.52. The molecule has 0 N–H and O–H groups in total. The summed E-state index contributed by atoms with van der Waals surface area (Å²) in [5, 5.41) is 7.36. The molecule has 268 valence electrons. The summed E-state index contributed by atoms with van der Waals surface area (Å²) >= 11 is 0. The third-order valence-corrected chi connectivity index (χ3v) is 12.1. The van der Waals surface area contributed by atoms with Crippen molar-refractivity contribution >= 4 is 32.3 Å². The van der Waals surface area contributed by atoms with E-state index in [1.807, 2.05) is 24.5 Å². The molecule has 2 heteroatoms. The zero-order valence-corrected chi connectivity index (χ0v) is 31.9. The maximum atomic E-state index is 4.80. The third-order valence-electron chi connectivity index (χ3n) is 12.1. The Morgan fingerprint density at radius 2 is 0.877 bits per heavy atom. The summed E-state index contributed by atoms with van der Waals surface area (Å²) in [6, 6.07) is 66.6. The molecule has 0 bridgehead atoms. The van der Waals surface area contributed by atoms with Gasteiger partial charge in [-0.3, -0.25) is 9.97 Å². The summed E-state index contributed by atoms with van der Waals surface area (Å²) in [5.41, 5.74) is 16.5. The van der Waals surface area contributed by atoms with E-state index in [1.54, 1.807) is 0 Å². The topological polar surface area (TPSA) is 25.8 Å². The molecule has 2 aromatic heterocycles. The second kappa shape index (κ2) is 13.0. The number of benzene rings is 8. The Labute approximate surface area is 332 Å². The Hall–Kier alpha value is -7.16. The van der Waals surface area contributed by atoms with Crippen molar-refractivity contribution in [3.05, 3.63) is 206 Å². The third kappa shape index (κ3) is 5.40. The minimum Gasteiger partial charge on any atom is -0.256 e. The van der Waals surface area contributed by atoms with Crippen LogP contribution in [-0.2, 0) is 5.41 Å². The molecule has 0 saturated carbocycles. The van der Waals surface area contributed by atoms with Crippen LogP contribution >= 0.6 is 0 Å². The van der Waals surface area contributed by atoms with Crippen LogP contribution in [0.4, 0.5) is 0 Å². The van der Waals surface area contributed by atoms with Gasteiger partial charge in [-0.25, -0.2) is 0 Å². The fourth-order valence-corrected chi connectivity index (χ4v) is 9.34. The van der Waals surface area contributed by atoms with Crippen LogP contribution < -0.4 is 0 Å². The van der Waals surface area contributed by atoms with Gasteiger partial charge in [-0.2, -0.15) is 0 Å². The fraction of sp³-hybridized carbons (Fsp3) is 0.0545. The van der Waals surface area contributed by atoms with Gasteiger partial charge in [0.1, 0.15) is 0 Å². The number of hydrogen-bond acceptors (Lipinski definition) is 2. The molecule has 57 heavy (non-hydrogen) atoms. The lowest BCUT2D eigenvalue weighted by atomic mass is 9.80. The predicted molar refractivity (Wildman–Crippen MR) is 239 cm³/mol. The van der Waals surface area contributed by atoms with Crippen LogP contribution in [0.15, 0.2) is 194 Å². The van der Waals surface area contributed by atoms with Gasteiger partial charge >= 0.3 is 0 Å². The highest BCUT2D eigenvalue weighted by molar-refractivity contribution is 6.22. The number of fused-ring (bicyclic) bond motifs is 6. The predicted octanol–water partition coefficient (Wildman–Crippen LogP) is 14.6. The molecule has 1 aliphatic rings. The van der Waals surface area contributed by atoms with E-state index in [0.717, 1.165) is 28.1 Å². The average molecular weight is 727 g/mol. The first-order valence-electron chi connectivity index (χ1n) is 19.7. The van der Waals surface area contributed by atoms with Gasteiger partial charge in [0.15, 0.2) is 0 Å². The summed E-state index contributed by atoms with van der Waals surface area (Å²) in [6.45, 7) is 4.73. The summed E-state index contributed by atoms with van der Waals surface area (Å²) < 4.78 is 0. The molecule has 0 saturated heterocycles. The molecule has 2 heterocycles. The molecule has 8 aromatic carbocycles. The van der Waals surface area contributed by atoms with Gasteiger partial charge in [-0.05, 0) is 149 Å². The van der Waals surface area contributed by atoms with Crippen molar-refractivity contribution in [2.45, 2.75) is 19.3 Å². The van der Waals surface area contributed by atoms with Crippen LogP contribution in [0.2, 0.25) is 0 Å². The summed E-state index contributed by atoms with van der Waals surface area (Å²) in [5.74, 6) is 0. The van der Waals surface area contributed by atoms with Crippen molar-refractivity contribution in [2.24, 2.45) is 0 Å². The standard InChI is InChI=1S/C55H38N2/c1-55(2)49-18-8-7-15-43(49)44-25-24-39(34-50(44)55)53-45-16-5-6-17-46(45)54(47-26-23-38(33-48(47)53)37-22-21-35-13-3-4-14-36(35)29-37)42-31-40(51-19-9-11-27-56-51)30-41(32-42)52-20-10-12-28-57-52/h3-34H,1-2H3. The molecular formula is C55H38N2. The van der Waals surface area contributed by atoms with Crippen molar-refractivity contribution in [1.82, 2.24) is 9.97 Å². The molecule has 10 aromatic rings. The zero-order chi connectivity index (χ0) is 38.1. The van der Waals surface area contributed by atoms with Crippen LogP contribution in [0.25, 0.3) is 99.3 Å². The minimum absolute atomic E-state index is 0.114. The first-order chi connectivity index (χ1) is 28.0. The van der Waals surface area contributed by atoms with E-state index < -0.39 is 0 Å². The molecule has 2 nitrogen and oxygen atoms in total. The minimum atomic E-state index is -0.114. The van der Waals surface area contributed by atoms with Crippen LogP contribution in [0.5, 0.6) is 0 Å².